The molecule has 2 aromatic rings. The molecule has 0 amide bonds. The van der Waals surface area contributed by atoms with Crippen molar-refractivity contribution in [3.63, 3.8) is 0 Å². The Morgan fingerprint density at radius 3 is 2.76 bits per heavy atom. The van der Waals surface area contributed by atoms with Crippen molar-refractivity contribution < 1.29 is 14.3 Å². The molecule has 0 spiro atoms. The van der Waals surface area contributed by atoms with E-state index in [1.165, 1.54) is 11.3 Å². The fraction of sp³-hybridized carbons (Fsp3) is 0.167. The lowest BCUT2D eigenvalue weighted by atomic mass is 10.1. The predicted octanol–water partition coefficient (Wildman–Crippen LogP) is 2.23. The number of fused-ring (bicyclic) bond motifs is 1. The Morgan fingerprint density at radius 2 is 2.06 bits per heavy atom. The summed E-state index contributed by atoms with van der Waals surface area (Å²) in [6.45, 7) is 1.83. The maximum Gasteiger partial charge on any atom is 0.379 e. The first kappa shape index (κ1) is 11.6. The number of rotatable bonds is 3. The lowest BCUT2D eigenvalue weighted by molar-refractivity contribution is -0.137. The highest BCUT2D eigenvalue weighted by Crippen LogP contribution is 2.33. The Bertz CT molecular complexity index is 588. The second kappa shape index (κ2) is 4.55. The second-order valence-electron chi connectivity index (χ2n) is 3.39. The monoisotopic (exact) mass is 249 g/mol. The molecule has 0 atom stereocenters. The summed E-state index contributed by atoms with van der Waals surface area (Å²) in [6.07, 6.45) is 0. The Morgan fingerprint density at radius 1 is 1.35 bits per heavy atom. The van der Waals surface area contributed by atoms with Gasteiger partial charge in [0.05, 0.1) is 17.2 Å². The van der Waals surface area contributed by atoms with Gasteiger partial charge in [-0.05, 0) is 13.0 Å². The van der Waals surface area contributed by atoms with Crippen LogP contribution in [0, 0.1) is 0 Å². The van der Waals surface area contributed by atoms with Gasteiger partial charge in [-0.1, -0.05) is 18.2 Å². The molecule has 5 heteroatoms. The molecule has 1 heterocycles. The maximum atomic E-state index is 11.9. The molecule has 0 aliphatic heterocycles. The molecule has 0 saturated heterocycles. The highest BCUT2D eigenvalue weighted by molar-refractivity contribution is 7.23. The van der Waals surface area contributed by atoms with Crippen LogP contribution in [0.1, 0.15) is 17.3 Å². The predicted molar refractivity (Wildman–Crippen MR) is 67.2 cm³/mol. The van der Waals surface area contributed by atoms with E-state index in [2.05, 4.69) is 0 Å². The van der Waals surface area contributed by atoms with Crippen LogP contribution in [0.2, 0.25) is 0 Å². The molecule has 0 radical (unpaired) electrons. The zero-order valence-corrected chi connectivity index (χ0v) is 10.0. The maximum absolute atomic E-state index is 11.9. The molecule has 4 nitrogen and oxygen atoms in total. The second-order valence-corrected chi connectivity index (χ2v) is 4.47. The fourth-order valence-corrected chi connectivity index (χ4v) is 2.57. The first-order valence-electron chi connectivity index (χ1n) is 5.13. The van der Waals surface area contributed by atoms with E-state index in [-0.39, 0.29) is 12.2 Å². The number of esters is 1. The third kappa shape index (κ3) is 2.01. The lowest BCUT2D eigenvalue weighted by Crippen LogP contribution is -2.18. The topological polar surface area (TPSA) is 69.4 Å². The summed E-state index contributed by atoms with van der Waals surface area (Å²) in [5.74, 6) is -1.54. The molecular formula is C12H11NO3S. The molecule has 0 aliphatic carbocycles. The summed E-state index contributed by atoms with van der Waals surface area (Å²) in [5, 5.41) is 1.05. The van der Waals surface area contributed by atoms with E-state index in [1.54, 1.807) is 19.1 Å². The standard InChI is InChI=1S/C12H11NO3S/c1-2-16-12(15)10(14)9-7-5-3-4-6-8(7)17-11(9)13/h3-6H,2,13H2,1H3. The van der Waals surface area contributed by atoms with E-state index in [4.69, 9.17) is 10.5 Å². The van der Waals surface area contributed by atoms with Crippen LogP contribution >= 0.6 is 11.3 Å². The Hall–Kier alpha value is -1.88. The molecule has 0 unspecified atom stereocenters. The Labute approximate surface area is 102 Å². The van der Waals surface area contributed by atoms with Crippen LogP contribution in [0.5, 0.6) is 0 Å². The van der Waals surface area contributed by atoms with Crippen molar-refractivity contribution in [3.8, 4) is 0 Å². The van der Waals surface area contributed by atoms with Crippen LogP contribution < -0.4 is 5.73 Å². The van der Waals surface area contributed by atoms with E-state index in [0.717, 1.165) is 4.70 Å². The quantitative estimate of drug-likeness (QED) is 0.514. The van der Waals surface area contributed by atoms with Gasteiger partial charge in [0, 0.05) is 10.1 Å². The van der Waals surface area contributed by atoms with Gasteiger partial charge in [0.1, 0.15) is 0 Å². The highest BCUT2D eigenvalue weighted by atomic mass is 32.1. The van der Waals surface area contributed by atoms with E-state index < -0.39 is 11.8 Å². The van der Waals surface area contributed by atoms with Crippen LogP contribution in [0.4, 0.5) is 5.00 Å². The summed E-state index contributed by atoms with van der Waals surface area (Å²) in [4.78, 5) is 23.3. The highest BCUT2D eigenvalue weighted by Gasteiger charge is 2.24. The number of benzene rings is 1. The fourth-order valence-electron chi connectivity index (χ4n) is 1.60. The molecule has 1 aromatic heterocycles. The summed E-state index contributed by atoms with van der Waals surface area (Å²) >= 11 is 1.29. The summed E-state index contributed by atoms with van der Waals surface area (Å²) in [5.41, 5.74) is 6.03. The number of thiophene rings is 1. The zero-order chi connectivity index (χ0) is 12.4. The first-order chi connectivity index (χ1) is 8.15. The molecule has 0 bridgehead atoms. The number of nitrogens with two attached hydrogens (primary N) is 1. The van der Waals surface area contributed by atoms with Gasteiger partial charge < -0.3 is 10.5 Å². The zero-order valence-electron chi connectivity index (χ0n) is 9.23. The number of anilines is 1. The number of ether oxygens (including phenoxy) is 1. The third-order valence-electron chi connectivity index (χ3n) is 2.31. The minimum atomic E-state index is -0.859. The molecular weight excluding hydrogens is 238 g/mol. The smallest absolute Gasteiger partial charge is 0.379 e. The van der Waals surface area contributed by atoms with Crippen molar-refractivity contribution >= 4 is 38.2 Å². The summed E-state index contributed by atoms with van der Waals surface area (Å²) in [6, 6.07) is 7.29. The van der Waals surface area contributed by atoms with E-state index in [9.17, 15) is 9.59 Å². The van der Waals surface area contributed by atoms with Crippen LogP contribution in [-0.4, -0.2) is 18.4 Å². The summed E-state index contributed by atoms with van der Waals surface area (Å²) < 4.78 is 5.58. The van der Waals surface area contributed by atoms with Crippen LogP contribution in [0.15, 0.2) is 24.3 Å². The van der Waals surface area contributed by atoms with Gasteiger partial charge in [0.2, 0.25) is 0 Å². The van der Waals surface area contributed by atoms with Crippen LogP contribution in [-0.2, 0) is 9.53 Å². The molecule has 0 aliphatic rings. The minimum absolute atomic E-state index is 0.173. The van der Waals surface area contributed by atoms with Crippen molar-refractivity contribution in [1.82, 2.24) is 0 Å². The number of hydrogen-bond donors (Lipinski definition) is 1. The molecule has 17 heavy (non-hydrogen) atoms. The normalized spacial score (nSPS) is 10.4. The van der Waals surface area contributed by atoms with Gasteiger partial charge in [0.15, 0.2) is 0 Å². The van der Waals surface area contributed by atoms with Crippen molar-refractivity contribution in [1.29, 1.82) is 0 Å². The number of Topliss-reactive ketones (excluding diaryl/α,β-unsaturated/α-hetero) is 1. The molecule has 1 aromatic carbocycles. The summed E-state index contributed by atoms with van der Waals surface area (Å²) in [7, 11) is 0. The van der Waals surface area contributed by atoms with E-state index in [1.807, 2.05) is 12.1 Å². The van der Waals surface area contributed by atoms with Gasteiger partial charge in [-0.2, -0.15) is 0 Å². The van der Waals surface area contributed by atoms with Gasteiger partial charge in [-0.3, -0.25) is 4.79 Å². The number of ketones is 1. The number of carbonyl (C=O) groups is 2. The van der Waals surface area contributed by atoms with Gasteiger partial charge in [-0.15, -0.1) is 11.3 Å². The van der Waals surface area contributed by atoms with Crippen LogP contribution in [0.25, 0.3) is 10.1 Å². The molecule has 88 valence electrons. The molecule has 0 fully saturated rings. The van der Waals surface area contributed by atoms with Crippen molar-refractivity contribution in [2.45, 2.75) is 6.92 Å². The van der Waals surface area contributed by atoms with E-state index >= 15 is 0 Å². The first-order valence-corrected chi connectivity index (χ1v) is 5.95. The van der Waals surface area contributed by atoms with Gasteiger partial charge >= 0.3 is 5.97 Å². The van der Waals surface area contributed by atoms with Crippen molar-refractivity contribution in [3.05, 3.63) is 29.8 Å². The number of hydrogen-bond acceptors (Lipinski definition) is 5. The minimum Gasteiger partial charge on any atom is -0.460 e. The SMILES string of the molecule is CCOC(=O)C(=O)c1c(N)sc2ccccc12. The lowest BCUT2D eigenvalue weighted by Gasteiger charge is -2.00. The van der Waals surface area contributed by atoms with E-state index in [0.29, 0.717) is 10.4 Å². The molecule has 0 saturated carbocycles. The van der Waals surface area contributed by atoms with Gasteiger partial charge in [0.25, 0.3) is 5.78 Å². The Kier molecular flexibility index (Phi) is 3.10. The molecule has 2 rings (SSSR count). The number of carbonyl (C=O) groups excluding carboxylic acids is 2. The molecule has 2 N–H and O–H groups in total. The Balaban J connectivity index is 2.51. The van der Waals surface area contributed by atoms with Crippen molar-refractivity contribution in [2.75, 3.05) is 12.3 Å². The number of nitrogen functional groups attached to an aromatic ring is 1. The average Bonchev–Trinajstić information content (AvgIpc) is 2.64. The average molecular weight is 249 g/mol. The van der Waals surface area contributed by atoms with Crippen LogP contribution in [0.3, 0.4) is 0 Å². The third-order valence-corrected chi connectivity index (χ3v) is 3.31. The van der Waals surface area contributed by atoms with Crippen molar-refractivity contribution in [2.24, 2.45) is 0 Å². The largest absolute Gasteiger partial charge is 0.460 e. The van der Waals surface area contributed by atoms with Gasteiger partial charge in [-0.25, -0.2) is 4.79 Å².